The van der Waals surface area contributed by atoms with Crippen LogP contribution in [-0.4, -0.2) is 23.5 Å². The molecule has 0 heterocycles. The van der Waals surface area contributed by atoms with Crippen LogP contribution in [0.1, 0.15) is 12.0 Å². The van der Waals surface area contributed by atoms with Gasteiger partial charge in [-0.25, -0.2) is 4.42 Å². The van der Waals surface area contributed by atoms with Crippen LogP contribution in [0.5, 0.6) is 0 Å². The Morgan fingerprint density at radius 3 is 2.71 bits per heavy atom. The molecule has 1 aromatic carbocycles. The van der Waals surface area contributed by atoms with Gasteiger partial charge in [0.15, 0.2) is 0 Å². The molecular weight excluding hydrogens is 238 g/mol. The van der Waals surface area contributed by atoms with E-state index in [9.17, 15) is 4.79 Å². The first-order chi connectivity index (χ1) is 8.15. The molecule has 0 aliphatic carbocycles. The number of carbonyl (C=O) groups excluding carboxylic acids is 1. The molecule has 0 radical (unpaired) electrons. The molecule has 0 N–H and O–H groups in total. The lowest BCUT2D eigenvalue weighted by Gasteiger charge is -2.18. The third kappa shape index (κ3) is 4.59. The van der Waals surface area contributed by atoms with Crippen LogP contribution >= 0.6 is 11.8 Å². The zero-order valence-corrected chi connectivity index (χ0v) is 10.6. The minimum atomic E-state index is -0.488. The van der Waals surface area contributed by atoms with Crippen molar-refractivity contribution in [3.8, 4) is 0 Å². The second kappa shape index (κ2) is 7.09. The minimum absolute atomic E-state index is 0.262. The van der Waals surface area contributed by atoms with E-state index in [0.717, 1.165) is 5.56 Å². The molecule has 0 unspecified atom stereocenters. The zero-order valence-electron chi connectivity index (χ0n) is 9.80. The van der Waals surface area contributed by atoms with Crippen molar-refractivity contribution < 1.29 is 9.53 Å². The van der Waals surface area contributed by atoms with Gasteiger partial charge in [-0.15, -0.1) is 6.58 Å². The summed E-state index contributed by atoms with van der Waals surface area (Å²) in [7, 11) is 1.62. The Morgan fingerprint density at radius 2 is 2.18 bits per heavy atom. The lowest BCUT2D eigenvalue weighted by molar-refractivity contribution is -0.149. The van der Waals surface area contributed by atoms with Gasteiger partial charge < -0.3 is 4.74 Å². The number of esters is 1. The van der Waals surface area contributed by atoms with Crippen molar-refractivity contribution in [3.63, 3.8) is 0 Å². The number of rotatable bonds is 6. The topological polar surface area (TPSA) is 29.5 Å². The molecular formula is C13H16ClNO2. The fraction of sp³-hybridized carbons (Fsp3) is 0.308. The molecule has 1 atom stereocenters. The van der Waals surface area contributed by atoms with Crippen LogP contribution in [0.3, 0.4) is 0 Å². The summed E-state index contributed by atoms with van der Waals surface area (Å²) in [6.45, 7) is 3.85. The first kappa shape index (κ1) is 13.7. The summed E-state index contributed by atoms with van der Waals surface area (Å²) in [5.41, 5.74) is 0.954. The van der Waals surface area contributed by atoms with Crippen LogP contribution in [0.15, 0.2) is 43.0 Å². The van der Waals surface area contributed by atoms with E-state index in [0.29, 0.717) is 6.42 Å². The van der Waals surface area contributed by atoms with E-state index in [1.165, 1.54) is 4.42 Å². The predicted molar refractivity (Wildman–Crippen MR) is 68.5 cm³/mol. The highest BCUT2D eigenvalue weighted by Crippen LogP contribution is 2.09. The Labute approximate surface area is 107 Å². The Kier molecular flexibility index (Phi) is 5.73. The van der Waals surface area contributed by atoms with Crippen LogP contribution in [0.25, 0.3) is 0 Å². The Bertz CT molecular complexity index is 365. The maximum atomic E-state index is 11.8. The zero-order chi connectivity index (χ0) is 12.7. The van der Waals surface area contributed by atoms with Crippen LogP contribution in [-0.2, 0) is 16.1 Å². The Hall–Kier alpha value is -1.32. The summed E-state index contributed by atoms with van der Waals surface area (Å²) in [6, 6.07) is 9.03. The maximum absolute atomic E-state index is 11.8. The van der Waals surface area contributed by atoms with Gasteiger partial charge in [0.25, 0.3) is 0 Å². The molecule has 0 aromatic heterocycles. The lowest BCUT2D eigenvalue weighted by atomic mass is 10.2. The number of likely N-dealkylation sites (N-methyl/N-ethyl adjacent to an activating group) is 1. The van der Waals surface area contributed by atoms with Crippen molar-refractivity contribution in [1.29, 1.82) is 0 Å². The van der Waals surface area contributed by atoms with Crippen molar-refractivity contribution >= 4 is 17.7 Å². The van der Waals surface area contributed by atoms with E-state index in [4.69, 9.17) is 16.5 Å². The smallest absolute Gasteiger partial charge is 0.325 e. The molecule has 92 valence electrons. The normalized spacial score (nSPS) is 12.2. The molecule has 0 aliphatic rings. The fourth-order valence-electron chi connectivity index (χ4n) is 1.37. The first-order valence-corrected chi connectivity index (χ1v) is 5.69. The molecule has 0 bridgehead atoms. The van der Waals surface area contributed by atoms with Gasteiger partial charge in [0.2, 0.25) is 0 Å². The van der Waals surface area contributed by atoms with Gasteiger partial charge in [-0.05, 0) is 23.8 Å². The van der Waals surface area contributed by atoms with E-state index in [1.807, 2.05) is 30.3 Å². The number of halogens is 1. The van der Waals surface area contributed by atoms with Crippen molar-refractivity contribution in [2.75, 3.05) is 7.05 Å². The Morgan fingerprint density at radius 1 is 1.53 bits per heavy atom. The quantitative estimate of drug-likeness (QED) is 0.444. The van der Waals surface area contributed by atoms with E-state index in [1.54, 1.807) is 13.1 Å². The molecule has 0 amide bonds. The van der Waals surface area contributed by atoms with Gasteiger partial charge >= 0.3 is 5.97 Å². The molecule has 0 aliphatic heterocycles. The monoisotopic (exact) mass is 253 g/mol. The van der Waals surface area contributed by atoms with Gasteiger partial charge in [-0.1, -0.05) is 36.4 Å². The third-order valence-electron chi connectivity index (χ3n) is 2.32. The van der Waals surface area contributed by atoms with Crippen LogP contribution in [0.2, 0.25) is 0 Å². The highest BCUT2D eigenvalue weighted by Gasteiger charge is 2.22. The third-order valence-corrected chi connectivity index (χ3v) is 2.55. The SMILES string of the molecule is C=CC[C@@H](C(=O)OCc1ccccc1)N(C)Cl. The predicted octanol–water partition coefficient (Wildman–Crippen LogP) is 2.76. The number of ether oxygens (including phenoxy) is 1. The van der Waals surface area contributed by atoms with Crippen LogP contribution < -0.4 is 0 Å². The molecule has 1 rings (SSSR count). The minimum Gasteiger partial charge on any atom is -0.460 e. The summed E-state index contributed by atoms with van der Waals surface area (Å²) >= 11 is 5.78. The van der Waals surface area contributed by atoms with Crippen molar-refractivity contribution in [1.82, 2.24) is 4.42 Å². The highest BCUT2D eigenvalue weighted by atomic mass is 35.5. The van der Waals surface area contributed by atoms with Gasteiger partial charge in [0.05, 0.1) is 0 Å². The second-order valence-corrected chi connectivity index (χ2v) is 4.19. The summed E-state index contributed by atoms with van der Waals surface area (Å²) < 4.78 is 6.51. The molecule has 4 heteroatoms. The van der Waals surface area contributed by atoms with Crippen molar-refractivity contribution in [2.24, 2.45) is 0 Å². The first-order valence-electron chi connectivity index (χ1n) is 5.35. The van der Waals surface area contributed by atoms with Gasteiger partial charge in [0.1, 0.15) is 12.6 Å². The molecule has 0 spiro atoms. The Balaban J connectivity index is 2.50. The van der Waals surface area contributed by atoms with E-state index < -0.39 is 6.04 Å². The second-order valence-electron chi connectivity index (χ2n) is 3.66. The number of hydrogen-bond donors (Lipinski definition) is 0. The average Bonchev–Trinajstić information content (AvgIpc) is 2.34. The molecule has 0 saturated heterocycles. The molecule has 3 nitrogen and oxygen atoms in total. The van der Waals surface area contributed by atoms with Gasteiger partial charge in [-0.3, -0.25) is 4.79 Å². The largest absolute Gasteiger partial charge is 0.460 e. The molecule has 1 aromatic rings. The van der Waals surface area contributed by atoms with Crippen LogP contribution in [0.4, 0.5) is 0 Å². The maximum Gasteiger partial charge on any atom is 0.325 e. The summed E-state index contributed by atoms with van der Waals surface area (Å²) in [5.74, 6) is -0.341. The number of nitrogens with zero attached hydrogens (tertiary/aromatic N) is 1. The van der Waals surface area contributed by atoms with E-state index in [-0.39, 0.29) is 12.6 Å². The van der Waals surface area contributed by atoms with Crippen molar-refractivity contribution in [2.45, 2.75) is 19.1 Å². The van der Waals surface area contributed by atoms with Gasteiger partial charge in [-0.2, -0.15) is 0 Å². The molecule has 0 saturated carbocycles. The fourth-order valence-corrected chi connectivity index (χ4v) is 1.53. The van der Waals surface area contributed by atoms with Crippen molar-refractivity contribution in [3.05, 3.63) is 48.6 Å². The standard InChI is InChI=1S/C13H16ClNO2/c1-3-7-12(15(2)14)13(16)17-10-11-8-5-4-6-9-11/h3-6,8-9,12H,1,7,10H2,2H3/t12-/m0/s1. The van der Waals surface area contributed by atoms with E-state index in [2.05, 4.69) is 6.58 Å². The number of benzene rings is 1. The molecule has 17 heavy (non-hydrogen) atoms. The van der Waals surface area contributed by atoms with E-state index >= 15 is 0 Å². The number of hydrogen-bond acceptors (Lipinski definition) is 3. The summed E-state index contributed by atoms with van der Waals surface area (Å²) in [4.78, 5) is 11.8. The van der Waals surface area contributed by atoms with Gasteiger partial charge in [0, 0.05) is 7.05 Å². The summed E-state index contributed by atoms with van der Waals surface area (Å²) in [5, 5.41) is 0. The lowest BCUT2D eigenvalue weighted by Crippen LogP contribution is -2.33. The summed E-state index contributed by atoms with van der Waals surface area (Å²) in [6.07, 6.45) is 2.11. The van der Waals surface area contributed by atoms with Crippen LogP contribution in [0, 0.1) is 0 Å². The average molecular weight is 254 g/mol. The highest BCUT2D eigenvalue weighted by molar-refractivity contribution is 6.14. The number of carbonyl (C=O) groups is 1. The molecule has 0 fully saturated rings.